The minimum atomic E-state index is -0.294. The maximum Gasteiger partial charge on any atom is 0.131 e. The summed E-state index contributed by atoms with van der Waals surface area (Å²) in [4.78, 5) is 4.17. The molecule has 3 rings (SSSR count). The molecule has 2 aromatic rings. The van der Waals surface area contributed by atoms with E-state index in [2.05, 4.69) is 4.98 Å². The highest BCUT2D eigenvalue weighted by molar-refractivity contribution is 7.07. The molecule has 1 aliphatic rings. The summed E-state index contributed by atoms with van der Waals surface area (Å²) in [7, 11) is 0. The highest BCUT2D eigenvalue weighted by Crippen LogP contribution is 2.33. The molecule has 3 nitrogen and oxygen atoms in total. The Hall–Kier alpha value is -1.39. The number of aliphatic hydroxyl groups excluding tert-OH is 1. The third kappa shape index (κ3) is 2.18. The number of hydrogen-bond acceptors (Lipinski definition) is 4. The predicted octanol–water partition coefficient (Wildman–Crippen LogP) is 2.70. The van der Waals surface area contributed by atoms with Crippen molar-refractivity contribution in [2.45, 2.75) is 25.6 Å². The van der Waals surface area contributed by atoms with Crippen molar-refractivity contribution in [1.29, 1.82) is 0 Å². The Morgan fingerprint density at radius 3 is 3.24 bits per heavy atom. The van der Waals surface area contributed by atoms with Gasteiger partial charge in [-0.05, 0) is 36.1 Å². The molecule has 0 spiro atoms. The van der Waals surface area contributed by atoms with Crippen LogP contribution in [0.2, 0.25) is 0 Å². The van der Waals surface area contributed by atoms with E-state index in [0.29, 0.717) is 6.61 Å². The molecule has 1 aliphatic carbocycles. The first-order valence-corrected chi connectivity index (χ1v) is 6.58. The van der Waals surface area contributed by atoms with Gasteiger partial charge >= 0.3 is 0 Å². The third-order valence-corrected chi connectivity index (χ3v) is 3.67. The number of rotatable bonds is 3. The monoisotopic (exact) mass is 247 g/mol. The zero-order valence-corrected chi connectivity index (χ0v) is 10.1. The Bertz CT molecular complexity index is 510. The average Bonchev–Trinajstić information content (AvgIpc) is 2.97. The van der Waals surface area contributed by atoms with Crippen LogP contribution in [0.15, 0.2) is 29.1 Å². The van der Waals surface area contributed by atoms with Gasteiger partial charge in [0.05, 0.1) is 17.3 Å². The molecule has 4 heteroatoms. The van der Waals surface area contributed by atoms with E-state index in [1.54, 1.807) is 16.8 Å². The summed E-state index contributed by atoms with van der Waals surface area (Å²) in [5, 5.41) is 11.7. The number of fused-ring (bicyclic) bond motifs is 1. The number of thiazole rings is 1. The maximum absolute atomic E-state index is 9.70. The van der Waals surface area contributed by atoms with Gasteiger partial charge in [-0.25, -0.2) is 4.98 Å². The molecule has 1 unspecified atom stereocenters. The van der Waals surface area contributed by atoms with Crippen LogP contribution in [0.25, 0.3) is 0 Å². The molecule has 0 saturated heterocycles. The molecular weight excluding hydrogens is 234 g/mol. The van der Waals surface area contributed by atoms with Crippen LogP contribution in [0.4, 0.5) is 0 Å². The van der Waals surface area contributed by atoms with Gasteiger partial charge in [0.1, 0.15) is 12.4 Å². The highest BCUT2D eigenvalue weighted by Gasteiger charge is 2.20. The van der Waals surface area contributed by atoms with E-state index in [1.165, 1.54) is 5.56 Å². The lowest BCUT2D eigenvalue weighted by molar-refractivity contribution is 0.180. The number of ether oxygens (including phenoxy) is 1. The molecular formula is C13H13NO2S. The van der Waals surface area contributed by atoms with Gasteiger partial charge in [-0.2, -0.15) is 0 Å². The second kappa shape index (κ2) is 4.47. The molecule has 1 aromatic carbocycles. The molecule has 0 aliphatic heterocycles. The van der Waals surface area contributed by atoms with Gasteiger partial charge in [-0.15, -0.1) is 11.3 Å². The molecule has 88 valence electrons. The maximum atomic E-state index is 9.70. The molecule has 1 heterocycles. The number of benzene rings is 1. The van der Waals surface area contributed by atoms with E-state index < -0.39 is 0 Å². The first-order chi connectivity index (χ1) is 8.33. The lowest BCUT2D eigenvalue weighted by Crippen LogP contribution is -1.96. The number of nitrogens with zero attached hydrogens (tertiary/aromatic N) is 1. The zero-order chi connectivity index (χ0) is 11.7. The zero-order valence-electron chi connectivity index (χ0n) is 9.30. The van der Waals surface area contributed by atoms with Crippen LogP contribution < -0.4 is 4.74 Å². The summed E-state index contributed by atoms with van der Waals surface area (Å²) in [5.41, 5.74) is 5.01. The Kier molecular flexibility index (Phi) is 2.82. The van der Waals surface area contributed by atoms with Crippen LogP contribution in [0.1, 0.15) is 29.3 Å². The van der Waals surface area contributed by atoms with Crippen molar-refractivity contribution in [2.75, 3.05) is 0 Å². The molecule has 17 heavy (non-hydrogen) atoms. The molecule has 0 radical (unpaired) electrons. The first-order valence-electron chi connectivity index (χ1n) is 5.63. The summed E-state index contributed by atoms with van der Waals surface area (Å²) in [6.45, 7) is 0.505. The summed E-state index contributed by atoms with van der Waals surface area (Å²) < 4.78 is 5.67. The van der Waals surface area contributed by atoms with Crippen LogP contribution in [0, 0.1) is 0 Å². The summed E-state index contributed by atoms with van der Waals surface area (Å²) in [6.07, 6.45) is 1.47. The van der Waals surface area contributed by atoms with Crippen LogP contribution in [-0.4, -0.2) is 10.1 Å². The fourth-order valence-electron chi connectivity index (χ4n) is 2.13. The number of aliphatic hydroxyl groups is 1. The van der Waals surface area contributed by atoms with Crippen LogP contribution >= 0.6 is 11.3 Å². The molecule has 1 atom stereocenters. The van der Waals surface area contributed by atoms with Crippen molar-refractivity contribution in [2.24, 2.45) is 0 Å². The number of hydrogen-bond donors (Lipinski definition) is 1. The molecule has 0 amide bonds. The van der Waals surface area contributed by atoms with Crippen molar-refractivity contribution in [1.82, 2.24) is 4.98 Å². The smallest absolute Gasteiger partial charge is 0.131 e. The van der Waals surface area contributed by atoms with E-state index in [9.17, 15) is 5.11 Å². The largest absolute Gasteiger partial charge is 0.487 e. The van der Waals surface area contributed by atoms with Crippen LogP contribution in [0.3, 0.4) is 0 Å². The Labute approximate surface area is 104 Å². The minimum absolute atomic E-state index is 0.294. The quantitative estimate of drug-likeness (QED) is 0.906. The molecule has 0 bridgehead atoms. The highest BCUT2D eigenvalue weighted by atomic mass is 32.1. The standard InChI is InChI=1S/C13H13NO2S/c15-13-4-1-9-5-11(2-3-12(9)13)16-6-10-7-17-8-14-10/h2-3,5,7-8,13,15H,1,4,6H2. The topological polar surface area (TPSA) is 42.4 Å². The number of aryl methyl sites for hydroxylation is 1. The van der Waals surface area contributed by atoms with Gasteiger partial charge in [-0.3, -0.25) is 0 Å². The Morgan fingerprint density at radius 2 is 2.41 bits per heavy atom. The van der Waals surface area contributed by atoms with E-state index >= 15 is 0 Å². The van der Waals surface area contributed by atoms with Gasteiger partial charge in [0.15, 0.2) is 0 Å². The predicted molar refractivity (Wildman–Crippen MR) is 66.2 cm³/mol. The SMILES string of the molecule is OC1CCc2cc(OCc3cscn3)ccc21. The number of aromatic nitrogens is 1. The van der Waals surface area contributed by atoms with E-state index in [-0.39, 0.29) is 6.10 Å². The van der Waals surface area contributed by atoms with Crippen molar-refractivity contribution in [3.05, 3.63) is 45.9 Å². The van der Waals surface area contributed by atoms with Crippen molar-refractivity contribution >= 4 is 11.3 Å². The fraction of sp³-hybridized carbons (Fsp3) is 0.308. The molecule has 0 fully saturated rings. The molecule has 1 N–H and O–H groups in total. The third-order valence-electron chi connectivity index (χ3n) is 3.03. The van der Waals surface area contributed by atoms with E-state index in [0.717, 1.165) is 29.8 Å². The fourth-order valence-corrected chi connectivity index (χ4v) is 2.67. The normalized spacial score (nSPS) is 18.1. The molecule has 1 aromatic heterocycles. The Morgan fingerprint density at radius 1 is 1.47 bits per heavy atom. The second-order valence-electron chi connectivity index (χ2n) is 4.18. The van der Waals surface area contributed by atoms with Crippen molar-refractivity contribution in [3.63, 3.8) is 0 Å². The second-order valence-corrected chi connectivity index (χ2v) is 4.90. The minimum Gasteiger partial charge on any atom is -0.487 e. The van der Waals surface area contributed by atoms with Gasteiger partial charge in [0.2, 0.25) is 0 Å². The molecule has 0 saturated carbocycles. The lowest BCUT2D eigenvalue weighted by Gasteiger charge is -2.07. The van der Waals surface area contributed by atoms with Crippen molar-refractivity contribution < 1.29 is 9.84 Å². The summed E-state index contributed by atoms with van der Waals surface area (Å²) >= 11 is 1.57. The lowest BCUT2D eigenvalue weighted by atomic mass is 10.1. The van der Waals surface area contributed by atoms with Crippen molar-refractivity contribution in [3.8, 4) is 5.75 Å². The van der Waals surface area contributed by atoms with Gasteiger partial charge < -0.3 is 9.84 Å². The van der Waals surface area contributed by atoms with E-state index in [1.807, 2.05) is 23.6 Å². The summed E-state index contributed by atoms with van der Waals surface area (Å²) in [5.74, 6) is 0.853. The van der Waals surface area contributed by atoms with Crippen LogP contribution in [-0.2, 0) is 13.0 Å². The summed E-state index contributed by atoms with van der Waals surface area (Å²) in [6, 6.07) is 5.90. The average molecular weight is 247 g/mol. The van der Waals surface area contributed by atoms with Gasteiger partial charge in [-0.1, -0.05) is 6.07 Å². The van der Waals surface area contributed by atoms with Crippen LogP contribution in [0.5, 0.6) is 5.75 Å². The van der Waals surface area contributed by atoms with Gasteiger partial charge in [0.25, 0.3) is 0 Å². The van der Waals surface area contributed by atoms with Gasteiger partial charge in [0, 0.05) is 5.38 Å². The Balaban J connectivity index is 1.72. The first kappa shape index (κ1) is 10.7. The van der Waals surface area contributed by atoms with E-state index in [4.69, 9.17) is 4.74 Å².